The summed E-state index contributed by atoms with van der Waals surface area (Å²) >= 11 is 0. The van der Waals surface area contributed by atoms with Crippen LogP contribution in [0.4, 0.5) is 14.5 Å². The van der Waals surface area contributed by atoms with Crippen molar-refractivity contribution in [1.29, 1.82) is 0 Å². The Hall–Kier alpha value is -3.09. The summed E-state index contributed by atoms with van der Waals surface area (Å²) in [5.74, 6) is -1.18. The van der Waals surface area contributed by atoms with Gasteiger partial charge in [0.2, 0.25) is 5.91 Å². The number of carbonyl (C=O) groups is 1. The van der Waals surface area contributed by atoms with Crippen LogP contribution in [0.15, 0.2) is 47.0 Å². The van der Waals surface area contributed by atoms with Gasteiger partial charge in [-0.15, -0.1) is 0 Å². The molecule has 0 bridgehead atoms. The highest BCUT2D eigenvalue weighted by Gasteiger charge is 2.35. The second kappa shape index (κ2) is 6.33. The third-order valence-corrected chi connectivity index (χ3v) is 4.47. The molecular formula is C19H15F2N3O2. The van der Waals surface area contributed by atoms with Gasteiger partial charge in [0.15, 0.2) is 5.82 Å². The molecule has 1 aliphatic rings. The van der Waals surface area contributed by atoms with Gasteiger partial charge in [-0.3, -0.25) is 4.79 Å². The van der Waals surface area contributed by atoms with Crippen LogP contribution >= 0.6 is 0 Å². The van der Waals surface area contributed by atoms with Gasteiger partial charge in [-0.2, -0.15) is 4.98 Å². The zero-order chi connectivity index (χ0) is 18.3. The van der Waals surface area contributed by atoms with Crippen molar-refractivity contribution in [1.82, 2.24) is 10.1 Å². The fraction of sp³-hybridized carbons (Fsp3) is 0.211. The number of carbonyl (C=O) groups excluding carboxylic acids is 1. The molecule has 1 saturated heterocycles. The smallest absolute Gasteiger partial charge is 0.258 e. The molecule has 1 aromatic heterocycles. The van der Waals surface area contributed by atoms with E-state index >= 15 is 0 Å². The van der Waals surface area contributed by atoms with Crippen molar-refractivity contribution in [2.24, 2.45) is 0 Å². The monoisotopic (exact) mass is 355 g/mol. The molecule has 1 aliphatic heterocycles. The molecule has 0 aliphatic carbocycles. The Labute approximate surface area is 148 Å². The normalized spacial score (nSPS) is 17.1. The van der Waals surface area contributed by atoms with Gasteiger partial charge >= 0.3 is 0 Å². The molecule has 2 heterocycles. The Morgan fingerprint density at radius 3 is 2.62 bits per heavy atom. The molecule has 5 nitrogen and oxygen atoms in total. The SMILES string of the molecule is Cc1ccccc1-c1nc(C2CC(=O)N(c3cc(F)cc(F)c3)C2)no1. The minimum Gasteiger partial charge on any atom is -0.334 e. The molecule has 1 atom stereocenters. The molecule has 1 fully saturated rings. The second-order valence-electron chi connectivity index (χ2n) is 6.31. The Balaban J connectivity index is 1.59. The van der Waals surface area contributed by atoms with Crippen molar-refractivity contribution < 1.29 is 18.1 Å². The molecule has 7 heteroatoms. The van der Waals surface area contributed by atoms with Gasteiger partial charge in [0.1, 0.15) is 11.6 Å². The minimum absolute atomic E-state index is 0.158. The summed E-state index contributed by atoms with van der Waals surface area (Å²) in [5, 5.41) is 4.00. The molecule has 3 aromatic rings. The predicted molar refractivity (Wildman–Crippen MR) is 90.5 cm³/mol. The zero-order valence-electron chi connectivity index (χ0n) is 13.9. The Morgan fingerprint density at radius 2 is 1.88 bits per heavy atom. The molecule has 1 amide bonds. The Morgan fingerprint density at radius 1 is 1.15 bits per heavy atom. The maximum atomic E-state index is 13.4. The summed E-state index contributed by atoms with van der Waals surface area (Å²) < 4.78 is 32.2. The maximum absolute atomic E-state index is 13.4. The topological polar surface area (TPSA) is 59.2 Å². The highest BCUT2D eigenvalue weighted by atomic mass is 19.1. The van der Waals surface area contributed by atoms with Crippen LogP contribution in [0.3, 0.4) is 0 Å². The van der Waals surface area contributed by atoms with Crippen molar-refractivity contribution in [3.63, 3.8) is 0 Å². The standard InChI is InChI=1S/C19H15F2N3O2/c1-11-4-2-3-5-16(11)19-22-18(23-26-19)12-6-17(25)24(10-12)15-8-13(20)7-14(21)9-15/h2-5,7-9,12H,6,10H2,1H3. The molecule has 4 rings (SSSR count). The molecule has 26 heavy (non-hydrogen) atoms. The second-order valence-corrected chi connectivity index (χ2v) is 6.31. The van der Waals surface area contributed by atoms with Crippen LogP contribution in [0.1, 0.15) is 23.7 Å². The number of anilines is 1. The molecule has 2 aromatic carbocycles. The number of rotatable bonds is 3. The molecule has 0 radical (unpaired) electrons. The summed E-state index contributed by atoms with van der Waals surface area (Å²) in [4.78, 5) is 18.1. The number of amides is 1. The number of hydrogen-bond donors (Lipinski definition) is 0. The van der Waals surface area contributed by atoms with Crippen molar-refractivity contribution in [2.75, 3.05) is 11.4 Å². The molecule has 0 N–H and O–H groups in total. The van der Waals surface area contributed by atoms with E-state index in [4.69, 9.17) is 4.52 Å². The van der Waals surface area contributed by atoms with Crippen LogP contribution in [0, 0.1) is 18.6 Å². The average molecular weight is 355 g/mol. The number of hydrogen-bond acceptors (Lipinski definition) is 4. The van der Waals surface area contributed by atoms with E-state index in [0.29, 0.717) is 11.7 Å². The van der Waals surface area contributed by atoms with Crippen LogP contribution in [0.2, 0.25) is 0 Å². The van der Waals surface area contributed by atoms with Gasteiger partial charge in [-0.1, -0.05) is 23.4 Å². The number of aryl methyl sites for hydroxylation is 1. The highest BCUT2D eigenvalue weighted by molar-refractivity contribution is 5.96. The first kappa shape index (κ1) is 16.4. The Bertz CT molecular complexity index is 966. The van der Waals surface area contributed by atoms with E-state index in [9.17, 15) is 13.6 Å². The third kappa shape index (κ3) is 2.96. The lowest BCUT2D eigenvalue weighted by molar-refractivity contribution is -0.117. The van der Waals surface area contributed by atoms with Crippen LogP contribution < -0.4 is 4.90 Å². The quantitative estimate of drug-likeness (QED) is 0.716. The van der Waals surface area contributed by atoms with Crippen molar-refractivity contribution in [2.45, 2.75) is 19.3 Å². The van der Waals surface area contributed by atoms with Crippen molar-refractivity contribution >= 4 is 11.6 Å². The first-order valence-corrected chi connectivity index (χ1v) is 8.17. The summed E-state index contributed by atoms with van der Waals surface area (Å²) in [6.07, 6.45) is 0.158. The van der Waals surface area contributed by atoms with Crippen LogP contribution in [0.25, 0.3) is 11.5 Å². The zero-order valence-corrected chi connectivity index (χ0v) is 13.9. The lowest BCUT2D eigenvalue weighted by Gasteiger charge is -2.16. The number of aromatic nitrogens is 2. The molecule has 1 unspecified atom stereocenters. The molecule has 0 saturated carbocycles. The van der Waals surface area contributed by atoms with E-state index in [1.807, 2.05) is 31.2 Å². The predicted octanol–water partition coefficient (Wildman–Crippen LogP) is 3.84. The number of halogens is 2. The van der Waals surface area contributed by atoms with Crippen LogP contribution in [-0.2, 0) is 4.79 Å². The minimum atomic E-state index is -0.724. The van der Waals surface area contributed by atoms with E-state index in [1.54, 1.807) is 0 Å². The lowest BCUT2D eigenvalue weighted by Crippen LogP contribution is -2.24. The van der Waals surface area contributed by atoms with E-state index in [2.05, 4.69) is 10.1 Å². The van der Waals surface area contributed by atoms with Gasteiger partial charge in [0, 0.05) is 36.2 Å². The van der Waals surface area contributed by atoms with Gasteiger partial charge in [0.25, 0.3) is 5.89 Å². The summed E-state index contributed by atoms with van der Waals surface area (Å²) in [5.41, 5.74) is 2.03. The molecular weight excluding hydrogens is 340 g/mol. The average Bonchev–Trinajstić information content (AvgIpc) is 3.21. The van der Waals surface area contributed by atoms with E-state index < -0.39 is 11.6 Å². The first-order chi connectivity index (χ1) is 12.5. The summed E-state index contributed by atoms with van der Waals surface area (Å²) in [7, 11) is 0. The largest absolute Gasteiger partial charge is 0.334 e. The summed E-state index contributed by atoms with van der Waals surface area (Å²) in [6, 6.07) is 10.7. The van der Waals surface area contributed by atoms with Gasteiger partial charge in [-0.25, -0.2) is 8.78 Å². The fourth-order valence-electron chi connectivity index (χ4n) is 3.15. The summed E-state index contributed by atoms with van der Waals surface area (Å²) in [6.45, 7) is 2.19. The van der Waals surface area contributed by atoms with Gasteiger partial charge < -0.3 is 9.42 Å². The van der Waals surface area contributed by atoms with E-state index in [1.165, 1.54) is 4.90 Å². The van der Waals surface area contributed by atoms with Crippen LogP contribution in [-0.4, -0.2) is 22.6 Å². The van der Waals surface area contributed by atoms with E-state index in [0.717, 1.165) is 29.3 Å². The maximum Gasteiger partial charge on any atom is 0.258 e. The number of nitrogens with zero attached hydrogens (tertiary/aromatic N) is 3. The lowest BCUT2D eigenvalue weighted by atomic mass is 10.1. The van der Waals surface area contributed by atoms with Gasteiger partial charge in [0.05, 0.1) is 0 Å². The number of benzene rings is 2. The van der Waals surface area contributed by atoms with Crippen LogP contribution in [0.5, 0.6) is 0 Å². The van der Waals surface area contributed by atoms with Crippen molar-refractivity contribution in [3.05, 3.63) is 65.5 Å². The highest BCUT2D eigenvalue weighted by Crippen LogP contribution is 2.32. The van der Waals surface area contributed by atoms with E-state index in [-0.39, 0.29) is 30.5 Å². The van der Waals surface area contributed by atoms with Gasteiger partial charge in [-0.05, 0) is 30.7 Å². The fourth-order valence-corrected chi connectivity index (χ4v) is 3.15. The third-order valence-electron chi connectivity index (χ3n) is 4.47. The Kier molecular flexibility index (Phi) is 3.99. The molecule has 132 valence electrons. The van der Waals surface area contributed by atoms with Crippen molar-refractivity contribution in [3.8, 4) is 11.5 Å². The first-order valence-electron chi connectivity index (χ1n) is 8.17. The molecule has 0 spiro atoms.